The molecule has 148 valence electrons. The maximum absolute atomic E-state index is 13.2. The minimum Gasteiger partial charge on any atom is -0.432 e. The van der Waals surface area contributed by atoms with Crippen molar-refractivity contribution in [3.63, 3.8) is 0 Å². The predicted octanol–water partition coefficient (Wildman–Crippen LogP) is 2.07. The van der Waals surface area contributed by atoms with Gasteiger partial charge in [-0.15, -0.1) is 0 Å². The van der Waals surface area contributed by atoms with Gasteiger partial charge in [-0.2, -0.15) is 0 Å². The van der Waals surface area contributed by atoms with Crippen molar-refractivity contribution < 1.29 is 19.1 Å². The molecule has 2 fully saturated rings. The van der Waals surface area contributed by atoms with Gasteiger partial charge in [0.2, 0.25) is 11.7 Å². The third kappa shape index (κ3) is 4.58. The van der Waals surface area contributed by atoms with Crippen LogP contribution in [0.2, 0.25) is 0 Å². The van der Waals surface area contributed by atoms with Crippen LogP contribution in [0.25, 0.3) is 0 Å². The molecule has 2 atom stereocenters. The minimum atomic E-state index is -0.977. The number of amides is 1. The first-order valence-corrected chi connectivity index (χ1v) is 9.62. The summed E-state index contributed by atoms with van der Waals surface area (Å²) in [7, 11) is 0. The van der Waals surface area contributed by atoms with Crippen molar-refractivity contribution in [1.29, 1.82) is 0 Å². The fourth-order valence-electron chi connectivity index (χ4n) is 3.72. The molecule has 2 saturated heterocycles. The van der Waals surface area contributed by atoms with Crippen LogP contribution in [0.5, 0.6) is 0 Å². The summed E-state index contributed by atoms with van der Waals surface area (Å²) in [6, 6.07) is 5.83. The Bertz CT molecular complexity index is 669. The maximum atomic E-state index is 13.2. The van der Waals surface area contributed by atoms with Crippen LogP contribution in [0.1, 0.15) is 34.1 Å². The Kier molecular flexibility index (Phi) is 5.69. The number of hydrogen-bond acceptors (Lipinski definition) is 6. The molecule has 7 nitrogen and oxygen atoms in total. The molecule has 2 aliphatic heterocycles. The van der Waals surface area contributed by atoms with Crippen LogP contribution >= 0.6 is 0 Å². The van der Waals surface area contributed by atoms with E-state index in [4.69, 9.17) is 9.47 Å². The minimum absolute atomic E-state index is 0.0241. The highest BCUT2D eigenvalue weighted by atomic mass is 16.8. The van der Waals surface area contributed by atoms with E-state index < -0.39 is 23.8 Å². The maximum Gasteiger partial charge on any atom is 0.338 e. The number of carbonyl (C=O) groups is 2. The van der Waals surface area contributed by atoms with Gasteiger partial charge in [0.1, 0.15) is 5.82 Å². The van der Waals surface area contributed by atoms with Gasteiger partial charge in [0.05, 0.1) is 5.92 Å². The van der Waals surface area contributed by atoms with E-state index >= 15 is 0 Å². The Morgan fingerprint density at radius 1 is 1.26 bits per heavy atom. The van der Waals surface area contributed by atoms with Gasteiger partial charge in [-0.25, -0.2) is 9.78 Å². The fourth-order valence-corrected chi connectivity index (χ4v) is 3.72. The van der Waals surface area contributed by atoms with Gasteiger partial charge >= 0.3 is 5.97 Å². The number of hydrogen-bond donors (Lipinski definition) is 0. The lowest BCUT2D eigenvalue weighted by molar-refractivity contribution is -0.163. The standard InChI is InChI=1S/C20H29N3O4/c1-14(2)13-15(17-19(25)27-20(3,4)26-17)18(24)23-11-9-22(10-12-23)16-7-5-6-8-21-16/h5-8,14-15,17H,9-13H2,1-4H3/t15-,17+/m0/s1. The highest BCUT2D eigenvalue weighted by Crippen LogP contribution is 2.32. The molecule has 0 spiro atoms. The second-order valence-corrected chi connectivity index (χ2v) is 8.10. The summed E-state index contributed by atoms with van der Waals surface area (Å²) in [6.07, 6.45) is 1.54. The Hall–Kier alpha value is -2.15. The first-order chi connectivity index (χ1) is 12.8. The van der Waals surface area contributed by atoms with Crippen LogP contribution in [0, 0.1) is 11.8 Å². The molecule has 27 heavy (non-hydrogen) atoms. The number of esters is 1. The van der Waals surface area contributed by atoms with Crippen molar-refractivity contribution in [2.24, 2.45) is 11.8 Å². The van der Waals surface area contributed by atoms with Crippen LogP contribution in [0.4, 0.5) is 5.82 Å². The van der Waals surface area contributed by atoms with E-state index in [0.29, 0.717) is 19.5 Å². The third-order valence-corrected chi connectivity index (χ3v) is 4.96. The molecule has 3 rings (SSSR count). The van der Waals surface area contributed by atoms with Gasteiger partial charge in [-0.3, -0.25) is 4.79 Å². The monoisotopic (exact) mass is 375 g/mol. The van der Waals surface area contributed by atoms with E-state index in [1.165, 1.54) is 0 Å². The summed E-state index contributed by atoms with van der Waals surface area (Å²) in [5.41, 5.74) is 0. The third-order valence-electron chi connectivity index (χ3n) is 4.96. The van der Waals surface area contributed by atoms with Gasteiger partial charge in [0, 0.05) is 46.2 Å². The molecule has 1 aromatic heterocycles. The van der Waals surface area contributed by atoms with Gasteiger partial charge < -0.3 is 19.3 Å². The number of rotatable bonds is 5. The number of anilines is 1. The first kappa shape index (κ1) is 19.6. The first-order valence-electron chi connectivity index (χ1n) is 9.62. The van der Waals surface area contributed by atoms with Crippen LogP contribution in [-0.4, -0.2) is 59.8 Å². The van der Waals surface area contributed by atoms with Crippen LogP contribution < -0.4 is 4.90 Å². The van der Waals surface area contributed by atoms with Crippen molar-refractivity contribution in [2.75, 3.05) is 31.1 Å². The van der Waals surface area contributed by atoms with E-state index in [-0.39, 0.29) is 11.8 Å². The summed E-state index contributed by atoms with van der Waals surface area (Å²) in [5.74, 6) is -0.757. The topological polar surface area (TPSA) is 72.0 Å². The highest BCUT2D eigenvalue weighted by molar-refractivity contribution is 5.88. The van der Waals surface area contributed by atoms with Crippen molar-refractivity contribution in [3.05, 3.63) is 24.4 Å². The molecule has 2 aliphatic rings. The average Bonchev–Trinajstić information content (AvgIpc) is 2.92. The molecule has 0 unspecified atom stereocenters. The summed E-state index contributed by atoms with van der Waals surface area (Å²) in [4.78, 5) is 33.9. The molecule has 3 heterocycles. The second kappa shape index (κ2) is 7.84. The Labute approximate surface area is 160 Å². The van der Waals surface area contributed by atoms with Gasteiger partial charge in [-0.1, -0.05) is 19.9 Å². The Morgan fingerprint density at radius 3 is 2.48 bits per heavy atom. The Morgan fingerprint density at radius 2 is 1.96 bits per heavy atom. The molecule has 0 saturated carbocycles. The average molecular weight is 375 g/mol. The summed E-state index contributed by atoms with van der Waals surface area (Å²) in [6.45, 7) is 10.2. The molecule has 1 aromatic rings. The second-order valence-electron chi connectivity index (χ2n) is 8.10. The van der Waals surface area contributed by atoms with Gasteiger partial charge in [0.15, 0.2) is 6.10 Å². The lowest BCUT2D eigenvalue weighted by Crippen LogP contribution is -2.52. The van der Waals surface area contributed by atoms with E-state index in [0.717, 1.165) is 18.9 Å². The fraction of sp³-hybridized carbons (Fsp3) is 0.650. The molecule has 0 bridgehead atoms. The molecule has 0 N–H and O–H groups in total. The van der Waals surface area contributed by atoms with E-state index in [2.05, 4.69) is 9.88 Å². The SMILES string of the molecule is CC(C)C[C@H](C(=O)N1CCN(c2ccccn2)CC1)[C@H]1OC(C)(C)OC1=O. The normalized spacial score (nSPS) is 23.4. The molecular formula is C20H29N3O4. The summed E-state index contributed by atoms with van der Waals surface area (Å²) >= 11 is 0. The van der Waals surface area contributed by atoms with E-state index in [1.807, 2.05) is 36.9 Å². The van der Waals surface area contributed by atoms with Crippen LogP contribution in [0.3, 0.4) is 0 Å². The van der Waals surface area contributed by atoms with E-state index in [1.54, 1.807) is 20.0 Å². The van der Waals surface area contributed by atoms with Crippen LogP contribution in [0.15, 0.2) is 24.4 Å². The summed E-state index contributed by atoms with van der Waals surface area (Å²) in [5, 5.41) is 0. The molecule has 7 heteroatoms. The number of nitrogens with zero attached hydrogens (tertiary/aromatic N) is 3. The highest BCUT2D eigenvalue weighted by Gasteiger charge is 2.48. The zero-order valence-electron chi connectivity index (χ0n) is 16.6. The van der Waals surface area contributed by atoms with E-state index in [9.17, 15) is 9.59 Å². The number of piperazine rings is 1. The molecule has 1 amide bonds. The number of pyridine rings is 1. The number of ether oxygens (including phenoxy) is 2. The van der Waals surface area contributed by atoms with Gasteiger partial charge in [-0.05, 0) is 24.5 Å². The largest absolute Gasteiger partial charge is 0.432 e. The lowest BCUT2D eigenvalue weighted by Gasteiger charge is -2.37. The van der Waals surface area contributed by atoms with Crippen molar-refractivity contribution in [1.82, 2.24) is 9.88 Å². The molecule has 0 aliphatic carbocycles. The molecule has 0 radical (unpaired) electrons. The quantitative estimate of drug-likeness (QED) is 0.734. The van der Waals surface area contributed by atoms with Crippen LogP contribution in [-0.2, 0) is 19.1 Å². The van der Waals surface area contributed by atoms with Crippen molar-refractivity contribution >= 4 is 17.7 Å². The van der Waals surface area contributed by atoms with Crippen molar-refractivity contribution in [2.45, 2.75) is 46.0 Å². The molecular weight excluding hydrogens is 346 g/mol. The number of cyclic esters (lactones) is 1. The molecule has 0 aromatic carbocycles. The smallest absolute Gasteiger partial charge is 0.338 e. The number of carbonyl (C=O) groups excluding carboxylic acids is 2. The summed E-state index contributed by atoms with van der Waals surface area (Å²) < 4.78 is 11.1. The van der Waals surface area contributed by atoms with Gasteiger partial charge in [0.25, 0.3) is 0 Å². The lowest BCUT2D eigenvalue weighted by atomic mass is 9.90. The Balaban J connectivity index is 1.67. The number of aromatic nitrogens is 1. The predicted molar refractivity (Wildman–Crippen MR) is 101 cm³/mol. The zero-order chi connectivity index (χ0) is 19.6. The van der Waals surface area contributed by atoms with Crippen molar-refractivity contribution in [3.8, 4) is 0 Å². The zero-order valence-corrected chi connectivity index (χ0v) is 16.6.